The zero-order chi connectivity index (χ0) is 13.4. The molecule has 0 bridgehead atoms. The van der Waals surface area contributed by atoms with Crippen LogP contribution in [0, 0.1) is 5.92 Å². The highest BCUT2D eigenvalue weighted by atomic mass is 19.3. The molecule has 0 N–H and O–H groups in total. The summed E-state index contributed by atoms with van der Waals surface area (Å²) in [5, 5.41) is 0. The van der Waals surface area contributed by atoms with Crippen molar-refractivity contribution in [3.05, 3.63) is 0 Å². The second-order valence-electron chi connectivity index (χ2n) is 4.09. The lowest BCUT2D eigenvalue weighted by molar-refractivity contribution is -0.126. The molecule has 0 aliphatic carbocycles. The third-order valence-corrected chi connectivity index (χ3v) is 2.78. The van der Waals surface area contributed by atoms with Crippen LogP contribution in [0.1, 0.15) is 27.2 Å². The number of carbonyl (C=O) groups is 1. The normalized spacial score (nSPS) is 19.9. The molecule has 1 atom stereocenters. The highest BCUT2D eigenvalue weighted by molar-refractivity contribution is 5.78. The van der Waals surface area contributed by atoms with E-state index in [-0.39, 0.29) is 18.4 Å². The van der Waals surface area contributed by atoms with E-state index in [1.54, 1.807) is 16.8 Å². The van der Waals surface area contributed by atoms with E-state index in [9.17, 15) is 13.6 Å². The fourth-order valence-electron chi connectivity index (χ4n) is 1.97. The SMILES string of the molecule is CC.CCN(CC(F)F)CC1CC(=O)N(C)C1. The molecule has 1 saturated heterocycles. The van der Waals surface area contributed by atoms with Gasteiger partial charge in [0.2, 0.25) is 5.91 Å². The largest absolute Gasteiger partial charge is 0.345 e. The van der Waals surface area contributed by atoms with Gasteiger partial charge in [-0.1, -0.05) is 20.8 Å². The number of halogens is 2. The van der Waals surface area contributed by atoms with Crippen molar-refractivity contribution < 1.29 is 13.6 Å². The molecule has 1 aliphatic heterocycles. The van der Waals surface area contributed by atoms with Crippen LogP contribution >= 0.6 is 0 Å². The predicted octanol–water partition coefficient (Wildman–Crippen LogP) is 2.08. The van der Waals surface area contributed by atoms with Gasteiger partial charge >= 0.3 is 0 Å². The van der Waals surface area contributed by atoms with Gasteiger partial charge in [0.1, 0.15) is 0 Å². The van der Waals surface area contributed by atoms with Crippen molar-refractivity contribution in [1.82, 2.24) is 9.80 Å². The van der Waals surface area contributed by atoms with Crippen LogP contribution in [0.25, 0.3) is 0 Å². The molecular weight excluding hydrogens is 226 g/mol. The summed E-state index contributed by atoms with van der Waals surface area (Å²) in [4.78, 5) is 14.6. The molecule has 0 spiro atoms. The highest BCUT2D eigenvalue weighted by Gasteiger charge is 2.28. The number of carbonyl (C=O) groups excluding carboxylic acids is 1. The molecule has 1 aliphatic rings. The molecule has 1 unspecified atom stereocenters. The van der Waals surface area contributed by atoms with Crippen LogP contribution in [-0.4, -0.2) is 55.4 Å². The molecule has 1 fully saturated rings. The fraction of sp³-hybridized carbons (Fsp3) is 0.917. The first-order chi connectivity index (χ1) is 8.02. The Morgan fingerprint density at radius 3 is 2.41 bits per heavy atom. The third kappa shape index (κ3) is 5.96. The first-order valence-electron chi connectivity index (χ1n) is 6.27. The minimum atomic E-state index is -2.29. The van der Waals surface area contributed by atoms with Crippen molar-refractivity contribution in [2.45, 2.75) is 33.6 Å². The fourth-order valence-corrected chi connectivity index (χ4v) is 1.97. The Labute approximate surface area is 103 Å². The Morgan fingerprint density at radius 2 is 2.06 bits per heavy atom. The van der Waals surface area contributed by atoms with Gasteiger partial charge in [-0.15, -0.1) is 0 Å². The predicted molar refractivity (Wildman–Crippen MR) is 65.2 cm³/mol. The van der Waals surface area contributed by atoms with Crippen molar-refractivity contribution in [1.29, 1.82) is 0 Å². The topological polar surface area (TPSA) is 23.6 Å². The Balaban J connectivity index is 0.00000121. The molecule has 1 heterocycles. The summed E-state index contributed by atoms with van der Waals surface area (Å²) < 4.78 is 24.4. The molecule has 3 nitrogen and oxygen atoms in total. The lowest BCUT2D eigenvalue weighted by atomic mass is 10.1. The quantitative estimate of drug-likeness (QED) is 0.746. The van der Waals surface area contributed by atoms with Gasteiger partial charge in [-0.25, -0.2) is 8.78 Å². The van der Waals surface area contributed by atoms with Crippen LogP contribution in [0.15, 0.2) is 0 Å². The van der Waals surface area contributed by atoms with Gasteiger partial charge < -0.3 is 4.90 Å². The maximum Gasteiger partial charge on any atom is 0.251 e. The highest BCUT2D eigenvalue weighted by Crippen LogP contribution is 2.17. The molecule has 0 aromatic rings. The maximum atomic E-state index is 12.2. The number of hydrogen-bond donors (Lipinski definition) is 0. The van der Waals surface area contributed by atoms with Gasteiger partial charge in [0, 0.05) is 26.6 Å². The third-order valence-electron chi connectivity index (χ3n) is 2.78. The minimum absolute atomic E-state index is 0.119. The molecular formula is C12H24F2N2O. The van der Waals surface area contributed by atoms with Crippen LogP contribution in [0.4, 0.5) is 8.78 Å². The number of rotatable bonds is 5. The second-order valence-corrected chi connectivity index (χ2v) is 4.09. The standard InChI is InChI=1S/C10H18F2N2O.C2H6/c1-3-14(7-9(11)12)6-8-4-10(15)13(2)5-8;1-2/h8-9H,3-7H2,1-2H3;1-2H3. The molecule has 1 rings (SSSR count). The second kappa shape index (κ2) is 8.39. The number of likely N-dealkylation sites (tertiary alicyclic amines) is 1. The number of nitrogens with zero attached hydrogens (tertiary/aromatic N) is 2. The van der Waals surface area contributed by atoms with E-state index in [2.05, 4.69) is 0 Å². The summed E-state index contributed by atoms with van der Waals surface area (Å²) in [5.74, 6) is 0.328. The van der Waals surface area contributed by atoms with E-state index in [1.165, 1.54) is 0 Å². The molecule has 0 radical (unpaired) electrons. The summed E-state index contributed by atoms with van der Waals surface area (Å²) >= 11 is 0. The van der Waals surface area contributed by atoms with Gasteiger partial charge in [-0.3, -0.25) is 9.69 Å². The summed E-state index contributed by atoms with van der Waals surface area (Å²) in [7, 11) is 1.76. The van der Waals surface area contributed by atoms with Gasteiger partial charge in [0.15, 0.2) is 0 Å². The first kappa shape index (κ1) is 16.3. The molecule has 0 saturated carbocycles. The molecule has 102 valence electrons. The van der Waals surface area contributed by atoms with Crippen LogP contribution in [-0.2, 0) is 4.79 Å². The van der Waals surface area contributed by atoms with Gasteiger partial charge in [0.05, 0.1) is 6.54 Å². The van der Waals surface area contributed by atoms with Gasteiger partial charge in [0.25, 0.3) is 6.43 Å². The lowest BCUT2D eigenvalue weighted by Gasteiger charge is -2.22. The number of alkyl halides is 2. The van der Waals surface area contributed by atoms with Gasteiger partial charge in [-0.2, -0.15) is 0 Å². The Kier molecular flexibility index (Phi) is 8.04. The number of hydrogen-bond acceptors (Lipinski definition) is 2. The first-order valence-corrected chi connectivity index (χ1v) is 6.27. The van der Waals surface area contributed by atoms with E-state index in [4.69, 9.17) is 0 Å². The lowest BCUT2D eigenvalue weighted by Crippen LogP contribution is -2.34. The van der Waals surface area contributed by atoms with Crippen molar-refractivity contribution in [2.24, 2.45) is 5.92 Å². The summed E-state index contributed by atoms with van der Waals surface area (Å²) in [6.07, 6.45) is -1.80. The van der Waals surface area contributed by atoms with E-state index >= 15 is 0 Å². The van der Waals surface area contributed by atoms with Crippen molar-refractivity contribution in [3.63, 3.8) is 0 Å². The molecule has 0 aromatic carbocycles. The van der Waals surface area contributed by atoms with E-state index in [0.29, 0.717) is 26.1 Å². The molecule has 17 heavy (non-hydrogen) atoms. The van der Waals surface area contributed by atoms with Crippen LogP contribution in [0.5, 0.6) is 0 Å². The van der Waals surface area contributed by atoms with Crippen molar-refractivity contribution in [3.8, 4) is 0 Å². The van der Waals surface area contributed by atoms with E-state index < -0.39 is 6.43 Å². The van der Waals surface area contributed by atoms with E-state index in [1.807, 2.05) is 20.8 Å². The Morgan fingerprint density at radius 1 is 1.47 bits per heavy atom. The summed E-state index contributed by atoms with van der Waals surface area (Å²) in [6.45, 7) is 7.57. The van der Waals surface area contributed by atoms with Crippen LogP contribution < -0.4 is 0 Å². The zero-order valence-electron chi connectivity index (χ0n) is 11.2. The van der Waals surface area contributed by atoms with Crippen LogP contribution in [0.2, 0.25) is 0 Å². The number of amides is 1. The van der Waals surface area contributed by atoms with Crippen molar-refractivity contribution in [2.75, 3.05) is 33.2 Å². The van der Waals surface area contributed by atoms with E-state index in [0.717, 1.165) is 0 Å². The maximum absolute atomic E-state index is 12.2. The average molecular weight is 250 g/mol. The summed E-state index contributed by atoms with van der Waals surface area (Å²) in [6, 6.07) is 0. The van der Waals surface area contributed by atoms with Crippen LogP contribution in [0.3, 0.4) is 0 Å². The molecule has 0 aromatic heterocycles. The molecule has 1 amide bonds. The smallest absolute Gasteiger partial charge is 0.251 e. The molecule has 5 heteroatoms. The monoisotopic (exact) mass is 250 g/mol. The van der Waals surface area contributed by atoms with Gasteiger partial charge in [-0.05, 0) is 12.5 Å². The Bertz CT molecular complexity index is 225. The summed E-state index contributed by atoms with van der Waals surface area (Å²) in [5.41, 5.74) is 0. The zero-order valence-corrected chi connectivity index (χ0v) is 11.2. The average Bonchev–Trinajstić information content (AvgIpc) is 2.59. The minimum Gasteiger partial charge on any atom is -0.345 e. The van der Waals surface area contributed by atoms with Crippen molar-refractivity contribution >= 4 is 5.91 Å². The Hall–Kier alpha value is -0.710.